The van der Waals surface area contributed by atoms with Crippen LogP contribution >= 0.6 is 11.3 Å². The molecule has 1 aliphatic rings. The van der Waals surface area contributed by atoms with E-state index in [1.165, 1.54) is 11.3 Å². The average Bonchev–Trinajstić information content (AvgIpc) is 3.13. The molecule has 1 fully saturated rings. The molecule has 1 unspecified atom stereocenters. The van der Waals surface area contributed by atoms with Crippen molar-refractivity contribution in [1.82, 2.24) is 24.6 Å². The van der Waals surface area contributed by atoms with Gasteiger partial charge in [0.2, 0.25) is 0 Å². The monoisotopic (exact) mass is 335 g/mol. The van der Waals surface area contributed by atoms with Gasteiger partial charge in [0, 0.05) is 25.6 Å². The van der Waals surface area contributed by atoms with Crippen molar-refractivity contribution in [2.24, 2.45) is 0 Å². The van der Waals surface area contributed by atoms with Crippen LogP contribution in [-0.2, 0) is 11.3 Å². The highest BCUT2D eigenvalue weighted by molar-refractivity contribution is 7.09. The number of aromatic nitrogens is 4. The number of carbonyl (C=O) groups is 1. The van der Waals surface area contributed by atoms with Crippen LogP contribution in [-0.4, -0.2) is 50.8 Å². The van der Waals surface area contributed by atoms with E-state index in [0.717, 1.165) is 36.0 Å². The first kappa shape index (κ1) is 16.1. The van der Waals surface area contributed by atoms with Crippen LogP contribution < -0.4 is 0 Å². The second-order valence-corrected chi connectivity index (χ2v) is 6.70. The SMILES string of the molecule is COCc1nc(C(=O)N2CCCC(n3nc(C)nc3C)C2)cs1. The zero-order valence-corrected chi connectivity index (χ0v) is 14.5. The number of thiazole rings is 1. The smallest absolute Gasteiger partial charge is 0.273 e. The molecule has 1 amide bonds. The molecule has 1 atom stereocenters. The average molecular weight is 335 g/mol. The Labute approximate surface area is 139 Å². The van der Waals surface area contributed by atoms with E-state index in [0.29, 0.717) is 18.8 Å². The highest BCUT2D eigenvalue weighted by Crippen LogP contribution is 2.24. The number of ether oxygens (including phenoxy) is 1. The van der Waals surface area contributed by atoms with Crippen LogP contribution in [0.15, 0.2) is 5.38 Å². The van der Waals surface area contributed by atoms with E-state index in [1.807, 2.05) is 28.8 Å². The van der Waals surface area contributed by atoms with Crippen LogP contribution in [0, 0.1) is 13.8 Å². The molecule has 0 saturated carbocycles. The van der Waals surface area contributed by atoms with Gasteiger partial charge >= 0.3 is 0 Å². The van der Waals surface area contributed by atoms with Crippen LogP contribution in [0.4, 0.5) is 0 Å². The fraction of sp³-hybridized carbons (Fsp3) is 0.600. The van der Waals surface area contributed by atoms with E-state index in [-0.39, 0.29) is 11.9 Å². The second kappa shape index (κ2) is 6.76. The number of methoxy groups -OCH3 is 1. The number of hydrogen-bond acceptors (Lipinski definition) is 6. The molecule has 3 rings (SSSR count). The first-order chi connectivity index (χ1) is 11.1. The Balaban J connectivity index is 1.72. The molecule has 0 aromatic carbocycles. The summed E-state index contributed by atoms with van der Waals surface area (Å²) in [5, 5.41) is 7.10. The zero-order valence-electron chi connectivity index (χ0n) is 13.7. The van der Waals surface area contributed by atoms with Crippen molar-refractivity contribution in [2.45, 2.75) is 39.3 Å². The van der Waals surface area contributed by atoms with Crippen LogP contribution in [0.2, 0.25) is 0 Å². The first-order valence-electron chi connectivity index (χ1n) is 7.71. The summed E-state index contributed by atoms with van der Waals surface area (Å²) in [6.45, 7) is 5.71. The predicted octanol–water partition coefficient (Wildman–Crippen LogP) is 1.98. The van der Waals surface area contributed by atoms with E-state index in [4.69, 9.17) is 4.74 Å². The molecule has 23 heavy (non-hydrogen) atoms. The van der Waals surface area contributed by atoms with Gasteiger partial charge in [-0.25, -0.2) is 14.6 Å². The van der Waals surface area contributed by atoms with Crippen molar-refractivity contribution >= 4 is 17.2 Å². The molecule has 0 bridgehead atoms. The van der Waals surface area contributed by atoms with E-state index in [1.54, 1.807) is 7.11 Å². The quantitative estimate of drug-likeness (QED) is 0.854. The fourth-order valence-corrected chi connectivity index (χ4v) is 3.72. The second-order valence-electron chi connectivity index (χ2n) is 5.76. The fourth-order valence-electron chi connectivity index (χ4n) is 2.98. The maximum Gasteiger partial charge on any atom is 0.273 e. The Morgan fingerprint density at radius 1 is 1.43 bits per heavy atom. The summed E-state index contributed by atoms with van der Waals surface area (Å²) in [5.74, 6) is 1.66. The Bertz CT molecular complexity index is 696. The normalized spacial score (nSPS) is 18.4. The molecule has 3 heterocycles. The Hall–Kier alpha value is -1.80. The van der Waals surface area contributed by atoms with Gasteiger partial charge in [0.1, 0.15) is 22.4 Å². The zero-order chi connectivity index (χ0) is 16.4. The molecular formula is C15H21N5O2S. The van der Waals surface area contributed by atoms with Crippen molar-refractivity contribution in [3.05, 3.63) is 27.7 Å². The Morgan fingerprint density at radius 2 is 2.26 bits per heavy atom. The molecule has 2 aromatic heterocycles. The molecular weight excluding hydrogens is 314 g/mol. The molecule has 124 valence electrons. The number of carbonyl (C=O) groups excluding carboxylic acids is 1. The summed E-state index contributed by atoms with van der Waals surface area (Å²) in [7, 11) is 1.63. The van der Waals surface area contributed by atoms with Gasteiger partial charge < -0.3 is 9.64 Å². The van der Waals surface area contributed by atoms with E-state index >= 15 is 0 Å². The van der Waals surface area contributed by atoms with Crippen molar-refractivity contribution in [3.63, 3.8) is 0 Å². The lowest BCUT2D eigenvalue weighted by atomic mass is 10.1. The maximum absolute atomic E-state index is 12.7. The van der Waals surface area contributed by atoms with E-state index < -0.39 is 0 Å². The van der Waals surface area contributed by atoms with Crippen molar-refractivity contribution in [2.75, 3.05) is 20.2 Å². The minimum atomic E-state index is -0.0113. The molecule has 0 N–H and O–H groups in total. The third kappa shape index (κ3) is 3.42. The number of nitrogens with zero attached hydrogens (tertiary/aromatic N) is 5. The van der Waals surface area contributed by atoms with Gasteiger partial charge in [-0.3, -0.25) is 4.79 Å². The standard InChI is InChI=1S/C15H21N5O2S/c1-10-16-11(2)20(18-10)12-5-4-6-19(7-12)15(21)13-9-23-14(17-13)8-22-3/h9,12H,4-8H2,1-3H3. The topological polar surface area (TPSA) is 73.1 Å². The summed E-state index contributed by atoms with van der Waals surface area (Å²) in [6.07, 6.45) is 1.98. The lowest BCUT2D eigenvalue weighted by molar-refractivity contribution is 0.0665. The summed E-state index contributed by atoms with van der Waals surface area (Å²) in [4.78, 5) is 23.3. The lowest BCUT2D eigenvalue weighted by Gasteiger charge is -2.32. The molecule has 0 aliphatic carbocycles. The number of likely N-dealkylation sites (tertiary alicyclic amines) is 1. The van der Waals surface area contributed by atoms with Crippen molar-refractivity contribution < 1.29 is 9.53 Å². The molecule has 8 heteroatoms. The summed E-state index contributed by atoms with van der Waals surface area (Å²) < 4.78 is 7.01. The highest BCUT2D eigenvalue weighted by Gasteiger charge is 2.28. The van der Waals surface area contributed by atoms with Gasteiger partial charge in [0.15, 0.2) is 0 Å². The molecule has 1 aliphatic heterocycles. The van der Waals surface area contributed by atoms with Crippen molar-refractivity contribution in [3.8, 4) is 0 Å². The first-order valence-corrected chi connectivity index (χ1v) is 8.59. The van der Waals surface area contributed by atoms with Crippen LogP contribution in [0.5, 0.6) is 0 Å². The number of hydrogen-bond donors (Lipinski definition) is 0. The predicted molar refractivity (Wildman–Crippen MR) is 86.5 cm³/mol. The van der Waals surface area contributed by atoms with Crippen molar-refractivity contribution in [1.29, 1.82) is 0 Å². The summed E-state index contributed by atoms with van der Waals surface area (Å²) >= 11 is 1.46. The number of aryl methyl sites for hydroxylation is 2. The number of rotatable bonds is 4. The minimum Gasteiger partial charge on any atom is -0.378 e. The molecule has 7 nitrogen and oxygen atoms in total. The lowest BCUT2D eigenvalue weighted by Crippen LogP contribution is -2.41. The number of amides is 1. The minimum absolute atomic E-state index is 0.0113. The number of piperidine rings is 1. The van der Waals surface area contributed by atoms with Gasteiger partial charge in [-0.1, -0.05) is 0 Å². The largest absolute Gasteiger partial charge is 0.378 e. The van der Waals surface area contributed by atoms with Crippen LogP contribution in [0.1, 0.15) is 46.0 Å². The molecule has 2 aromatic rings. The van der Waals surface area contributed by atoms with E-state index in [9.17, 15) is 4.79 Å². The maximum atomic E-state index is 12.7. The van der Waals surface area contributed by atoms with Crippen LogP contribution in [0.25, 0.3) is 0 Å². The van der Waals surface area contributed by atoms with Gasteiger partial charge in [-0.2, -0.15) is 5.10 Å². The Kier molecular flexibility index (Phi) is 4.72. The van der Waals surface area contributed by atoms with Crippen LogP contribution in [0.3, 0.4) is 0 Å². The summed E-state index contributed by atoms with van der Waals surface area (Å²) in [5.41, 5.74) is 0.509. The molecule has 0 spiro atoms. The molecule has 1 saturated heterocycles. The Morgan fingerprint density at radius 3 is 2.96 bits per heavy atom. The van der Waals surface area contributed by atoms with Gasteiger partial charge in [-0.15, -0.1) is 11.3 Å². The molecule has 0 radical (unpaired) electrons. The third-order valence-electron chi connectivity index (χ3n) is 3.98. The highest BCUT2D eigenvalue weighted by atomic mass is 32.1. The van der Waals surface area contributed by atoms with Gasteiger partial charge in [-0.05, 0) is 26.7 Å². The third-order valence-corrected chi connectivity index (χ3v) is 4.80. The van der Waals surface area contributed by atoms with Gasteiger partial charge in [0.25, 0.3) is 5.91 Å². The van der Waals surface area contributed by atoms with Gasteiger partial charge in [0.05, 0.1) is 12.6 Å². The summed E-state index contributed by atoms with van der Waals surface area (Å²) in [6, 6.07) is 0.186. The van der Waals surface area contributed by atoms with E-state index in [2.05, 4.69) is 15.1 Å².